The van der Waals surface area contributed by atoms with E-state index in [9.17, 15) is 9.59 Å². The van der Waals surface area contributed by atoms with Crippen molar-refractivity contribution in [3.8, 4) is 17.2 Å². The highest BCUT2D eigenvalue weighted by molar-refractivity contribution is 7.99. The first kappa shape index (κ1) is 27.5. The number of ether oxygens (including phenoxy) is 2. The van der Waals surface area contributed by atoms with Crippen LogP contribution >= 0.6 is 23.4 Å². The number of methoxy groups -OCH3 is 2. The van der Waals surface area contributed by atoms with Gasteiger partial charge in [-0.1, -0.05) is 47.6 Å². The fourth-order valence-electron chi connectivity index (χ4n) is 4.09. The summed E-state index contributed by atoms with van der Waals surface area (Å²) in [6.07, 6.45) is 1.77. The molecule has 0 atom stereocenters. The Morgan fingerprint density at radius 1 is 1.03 bits per heavy atom. The third kappa shape index (κ3) is 6.49. The standard InChI is InChI=1S/C29H30ClN3O4S/c1-32(16-15-20-13-14-25(36-2)26(18-20)37-3)27(34)12-7-17-38-29-31-24-11-5-4-10-23(24)28(35)33(29)22-9-6-8-21(30)19-22/h4-6,8-11,13-14,18-19H,7,12,15-17H2,1-3H3. The van der Waals surface area contributed by atoms with Gasteiger partial charge >= 0.3 is 0 Å². The molecule has 1 aromatic heterocycles. The van der Waals surface area contributed by atoms with E-state index in [1.165, 1.54) is 11.8 Å². The second kappa shape index (κ2) is 12.8. The minimum atomic E-state index is -0.147. The minimum absolute atomic E-state index is 0.0739. The van der Waals surface area contributed by atoms with E-state index in [-0.39, 0.29) is 11.5 Å². The number of halogens is 1. The van der Waals surface area contributed by atoms with Crippen molar-refractivity contribution in [2.45, 2.75) is 24.4 Å². The van der Waals surface area contributed by atoms with Crippen molar-refractivity contribution >= 4 is 40.2 Å². The van der Waals surface area contributed by atoms with Gasteiger partial charge in [0, 0.05) is 30.8 Å². The first-order valence-electron chi connectivity index (χ1n) is 12.3. The number of amides is 1. The molecule has 0 saturated heterocycles. The van der Waals surface area contributed by atoms with E-state index in [0.717, 1.165) is 5.56 Å². The third-order valence-corrected chi connectivity index (χ3v) is 7.45. The molecule has 0 saturated carbocycles. The van der Waals surface area contributed by atoms with Gasteiger partial charge in [0.15, 0.2) is 16.7 Å². The maximum atomic E-state index is 13.3. The summed E-state index contributed by atoms with van der Waals surface area (Å²) in [5.41, 5.74) is 2.23. The molecule has 0 radical (unpaired) electrons. The predicted octanol–water partition coefficient (Wildman–Crippen LogP) is 5.63. The van der Waals surface area contributed by atoms with E-state index in [0.29, 0.717) is 69.8 Å². The molecule has 4 aromatic rings. The fraction of sp³-hybridized carbons (Fsp3) is 0.276. The first-order valence-corrected chi connectivity index (χ1v) is 13.6. The first-order chi connectivity index (χ1) is 18.4. The smallest absolute Gasteiger partial charge is 0.266 e. The second-order valence-electron chi connectivity index (χ2n) is 8.74. The van der Waals surface area contributed by atoms with E-state index in [4.69, 9.17) is 26.1 Å². The summed E-state index contributed by atoms with van der Waals surface area (Å²) in [5, 5.41) is 1.66. The van der Waals surface area contributed by atoms with Crippen LogP contribution in [0.1, 0.15) is 18.4 Å². The normalized spacial score (nSPS) is 10.9. The number of likely N-dealkylation sites (N-methyl/N-ethyl adjacent to an activating group) is 1. The van der Waals surface area contributed by atoms with Gasteiger partial charge in [-0.05, 0) is 60.9 Å². The van der Waals surface area contributed by atoms with E-state index in [2.05, 4.69) is 0 Å². The van der Waals surface area contributed by atoms with E-state index in [1.54, 1.807) is 41.9 Å². The summed E-state index contributed by atoms with van der Waals surface area (Å²) >= 11 is 7.67. The lowest BCUT2D eigenvalue weighted by Gasteiger charge is -2.18. The van der Waals surface area contributed by atoms with Crippen LogP contribution in [-0.4, -0.2) is 53.9 Å². The van der Waals surface area contributed by atoms with Crippen LogP contribution in [0, 0.1) is 0 Å². The molecular weight excluding hydrogens is 522 g/mol. The van der Waals surface area contributed by atoms with Gasteiger partial charge in [-0.15, -0.1) is 0 Å². The monoisotopic (exact) mass is 551 g/mol. The molecule has 9 heteroatoms. The number of carbonyl (C=O) groups excluding carboxylic acids is 1. The van der Waals surface area contributed by atoms with E-state index in [1.807, 2.05) is 55.6 Å². The minimum Gasteiger partial charge on any atom is -0.493 e. The van der Waals surface area contributed by atoms with Gasteiger partial charge in [0.05, 0.1) is 30.8 Å². The molecule has 0 N–H and O–H groups in total. The highest BCUT2D eigenvalue weighted by Crippen LogP contribution is 2.28. The Bertz CT molecular complexity index is 1490. The number of benzene rings is 3. The summed E-state index contributed by atoms with van der Waals surface area (Å²) in [6.45, 7) is 0.599. The van der Waals surface area contributed by atoms with Crippen LogP contribution in [0.25, 0.3) is 16.6 Å². The Balaban J connectivity index is 1.38. The van der Waals surface area contributed by atoms with Crippen molar-refractivity contribution < 1.29 is 14.3 Å². The van der Waals surface area contributed by atoms with Crippen LogP contribution in [0.5, 0.6) is 11.5 Å². The number of carbonyl (C=O) groups is 1. The molecule has 7 nitrogen and oxygen atoms in total. The number of hydrogen-bond donors (Lipinski definition) is 0. The highest BCUT2D eigenvalue weighted by Gasteiger charge is 2.15. The summed E-state index contributed by atoms with van der Waals surface area (Å²) in [4.78, 5) is 32.6. The number of hydrogen-bond acceptors (Lipinski definition) is 6. The summed E-state index contributed by atoms with van der Waals surface area (Å²) in [6, 6.07) is 20.3. The van der Waals surface area contributed by atoms with Crippen LogP contribution < -0.4 is 15.0 Å². The lowest BCUT2D eigenvalue weighted by molar-refractivity contribution is -0.129. The molecule has 1 amide bonds. The molecule has 198 valence electrons. The summed E-state index contributed by atoms with van der Waals surface area (Å²) in [5.74, 6) is 2.07. The summed E-state index contributed by atoms with van der Waals surface area (Å²) < 4.78 is 12.2. The molecule has 0 aliphatic rings. The Morgan fingerprint density at radius 2 is 1.82 bits per heavy atom. The quantitative estimate of drug-likeness (QED) is 0.137. The fourth-order valence-corrected chi connectivity index (χ4v) is 5.22. The van der Waals surface area contributed by atoms with Crippen molar-refractivity contribution in [1.29, 1.82) is 0 Å². The largest absolute Gasteiger partial charge is 0.493 e. The highest BCUT2D eigenvalue weighted by atomic mass is 35.5. The average molecular weight is 552 g/mol. The van der Waals surface area contributed by atoms with Crippen LogP contribution in [0.4, 0.5) is 0 Å². The number of fused-ring (bicyclic) bond motifs is 1. The molecule has 38 heavy (non-hydrogen) atoms. The van der Waals surface area contributed by atoms with Gasteiger partial charge < -0.3 is 14.4 Å². The molecule has 0 fully saturated rings. The van der Waals surface area contributed by atoms with Crippen molar-refractivity contribution in [3.05, 3.63) is 87.7 Å². The molecular formula is C29H30ClN3O4S. The van der Waals surface area contributed by atoms with Gasteiger partial charge in [-0.2, -0.15) is 0 Å². The van der Waals surface area contributed by atoms with Crippen molar-refractivity contribution in [2.75, 3.05) is 33.6 Å². The third-order valence-electron chi connectivity index (χ3n) is 6.19. The van der Waals surface area contributed by atoms with Gasteiger partial charge in [0.25, 0.3) is 5.56 Å². The van der Waals surface area contributed by atoms with Crippen molar-refractivity contribution in [2.24, 2.45) is 0 Å². The van der Waals surface area contributed by atoms with Crippen molar-refractivity contribution in [1.82, 2.24) is 14.5 Å². The number of aromatic nitrogens is 2. The maximum Gasteiger partial charge on any atom is 0.266 e. The molecule has 3 aromatic carbocycles. The SMILES string of the molecule is COc1ccc(CCN(C)C(=O)CCCSc2nc3ccccc3c(=O)n2-c2cccc(Cl)c2)cc1OC. The number of para-hydroxylation sites is 1. The zero-order valence-corrected chi connectivity index (χ0v) is 23.2. The number of rotatable bonds is 11. The average Bonchev–Trinajstić information content (AvgIpc) is 2.93. The Kier molecular flexibility index (Phi) is 9.31. The van der Waals surface area contributed by atoms with Crippen LogP contribution in [0.3, 0.4) is 0 Å². The van der Waals surface area contributed by atoms with Crippen LogP contribution in [0.2, 0.25) is 5.02 Å². The lowest BCUT2D eigenvalue weighted by Crippen LogP contribution is -2.28. The Hall–Kier alpha value is -3.49. The molecule has 0 aliphatic carbocycles. The molecule has 1 heterocycles. The molecule has 0 spiro atoms. The Morgan fingerprint density at radius 3 is 2.58 bits per heavy atom. The summed E-state index contributed by atoms with van der Waals surface area (Å²) in [7, 11) is 5.03. The number of nitrogens with zero attached hydrogens (tertiary/aromatic N) is 3. The van der Waals surface area contributed by atoms with Gasteiger partial charge in [0.1, 0.15) is 0 Å². The van der Waals surface area contributed by atoms with Gasteiger partial charge in [-0.25, -0.2) is 4.98 Å². The van der Waals surface area contributed by atoms with Crippen LogP contribution in [0.15, 0.2) is 76.7 Å². The van der Waals surface area contributed by atoms with Crippen LogP contribution in [-0.2, 0) is 11.2 Å². The molecule has 0 unspecified atom stereocenters. The van der Waals surface area contributed by atoms with Crippen molar-refractivity contribution in [3.63, 3.8) is 0 Å². The molecule has 0 aliphatic heterocycles. The lowest BCUT2D eigenvalue weighted by atomic mass is 10.1. The zero-order valence-electron chi connectivity index (χ0n) is 21.6. The second-order valence-corrected chi connectivity index (χ2v) is 10.2. The van der Waals surface area contributed by atoms with E-state index < -0.39 is 0 Å². The maximum absolute atomic E-state index is 13.3. The predicted molar refractivity (Wildman–Crippen MR) is 153 cm³/mol. The molecule has 4 rings (SSSR count). The zero-order chi connectivity index (χ0) is 27.1. The van der Waals surface area contributed by atoms with Gasteiger partial charge in [-0.3, -0.25) is 14.2 Å². The van der Waals surface area contributed by atoms with Gasteiger partial charge in [0.2, 0.25) is 5.91 Å². The molecule has 0 bridgehead atoms. The topological polar surface area (TPSA) is 73.7 Å². The van der Waals surface area contributed by atoms with E-state index >= 15 is 0 Å². The number of thioether (sulfide) groups is 1. The Labute approximate surface area is 231 Å².